The Kier molecular flexibility index (Phi) is 7.48. The maximum atomic E-state index is 14.2. The van der Waals surface area contributed by atoms with Gasteiger partial charge in [0.1, 0.15) is 16.6 Å². The summed E-state index contributed by atoms with van der Waals surface area (Å²) in [6.07, 6.45) is 2.30. The number of sulfonamides is 1. The number of piperidine rings is 1. The molecule has 11 heteroatoms. The van der Waals surface area contributed by atoms with Crippen LogP contribution in [-0.2, 0) is 10.0 Å². The Balaban J connectivity index is 1.49. The molecule has 0 spiro atoms. The van der Waals surface area contributed by atoms with Crippen molar-refractivity contribution in [1.82, 2.24) is 4.98 Å². The lowest BCUT2D eigenvalue weighted by molar-refractivity contribution is 0.0691. The molecule has 198 valence electrons. The van der Waals surface area contributed by atoms with Crippen LogP contribution in [0, 0.1) is 17.2 Å². The predicted molar refractivity (Wildman–Crippen MR) is 143 cm³/mol. The number of thiazole rings is 1. The molecule has 1 aliphatic heterocycles. The number of hydrogen-bond donors (Lipinski definition) is 2. The van der Waals surface area contributed by atoms with E-state index in [0.717, 1.165) is 49.3 Å². The zero-order valence-electron chi connectivity index (χ0n) is 21.1. The predicted octanol–water partition coefficient (Wildman–Crippen LogP) is 5.72. The molecule has 0 saturated carbocycles. The van der Waals surface area contributed by atoms with Gasteiger partial charge >= 0.3 is 5.97 Å². The molecule has 2 aromatic carbocycles. The van der Waals surface area contributed by atoms with Crippen molar-refractivity contribution in [3.05, 3.63) is 53.2 Å². The van der Waals surface area contributed by atoms with Crippen LogP contribution < -0.4 is 14.4 Å². The van der Waals surface area contributed by atoms with Gasteiger partial charge in [-0.2, -0.15) is 8.42 Å². The van der Waals surface area contributed by atoms with Crippen LogP contribution in [0.5, 0.6) is 5.75 Å². The minimum atomic E-state index is -4.18. The van der Waals surface area contributed by atoms with Crippen LogP contribution in [0.15, 0.2) is 46.8 Å². The minimum absolute atomic E-state index is 0.125. The Hall–Kier alpha value is -3.18. The van der Waals surface area contributed by atoms with Crippen molar-refractivity contribution >= 4 is 38.7 Å². The van der Waals surface area contributed by atoms with Crippen LogP contribution >= 0.6 is 11.3 Å². The number of ether oxygens (including phenoxy) is 1. The highest BCUT2D eigenvalue weighted by Gasteiger charge is 2.29. The summed E-state index contributed by atoms with van der Waals surface area (Å²) in [4.78, 5) is 17.8. The van der Waals surface area contributed by atoms with Gasteiger partial charge in [0, 0.05) is 35.8 Å². The second kappa shape index (κ2) is 10.3. The quantitative estimate of drug-likeness (QED) is 0.389. The van der Waals surface area contributed by atoms with Gasteiger partial charge in [0.25, 0.3) is 10.0 Å². The Morgan fingerprint density at radius 1 is 1.19 bits per heavy atom. The summed E-state index contributed by atoms with van der Waals surface area (Å²) in [7, 11) is -2.95. The van der Waals surface area contributed by atoms with Crippen LogP contribution in [0.1, 0.15) is 44.0 Å². The monoisotopic (exact) mass is 547 g/mol. The number of carboxylic acid groups (broad SMARTS) is 1. The summed E-state index contributed by atoms with van der Waals surface area (Å²) in [5.41, 5.74) is 1.38. The maximum Gasteiger partial charge on any atom is 0.338 e. The molecule has 1 aromatic heterocycles. The lowest BCUT2D eigenvalue weighted by Gasteiger charge is -2.39. The van der Waals surface area contributed by atoms with E-state index in [1.54, 1.807) is 0 Å². The molecule has 8 nitrogen and oxygen atoms in total. The number of nitrogens with one attached hydrogen (secondary N) is 1. The maximum absolute atomic E-state index is 14.2. The highest BCUT2D eigenvalue weighted by Crippen LogP contribution is 2.36. The lowest BCUT2D eigenvalue weighted by atomic mass is 9.75. The molecule has 1 aliphatic rings. The first-order chi connectivity index (χ1) is 17.4. The van der Waals surface area contributed by atoms with Gasteiger partial charge in [0.2, 0.25) is 0 Å². The minimum Gasteiger partial charge on any atom is -0.495 e. The molecule has 0 unspecified atom stereocenters. The summed E-state index contributed by atoms with van der Waals surface area (Å²) < 4.78 is 47.3. The fourth-order valence-electron chi connectivity index (χ4n) is 4.50. The fourth-order valence-corrected chi connectivity index (χ4v) is 6.66. The number of benzene rings is 2. The Morgan fingerprint density at radius 3 is 2.41 bits per heavy atom. The van der Waals surface area contributed by atoms with Crippen LogP contribution in [0.3, 0.4) is 0 Å². The van der Waals surface area contributed by atoms with Crippen LogP contribution in [-0.4, -0.2) is 44.7 Å². The Morgan fingerprint density at radius 2 is 1.84 bits per heavy atom. The van der Waals surface area contributed by atoms with Crippen LogP contribution in [0.2, 0.25) is 0 Å². The molecule has 3 aromatic rings. The molecule has 1 saturated heterocycles. The first-order valence-corrected chi connectivity index (χ1v) is 14.2. The number of rotatable bonds is 7. The van der Waals surface area contributed by atoms with E-state index >= 15 is 0 Å². The van der Waals surface area contributed by atoms with Crippen molar-refractivity contribution in [2.75, 3.05) is 29.8 Å². The molecule has 0 bridgehead atoms. The number of nitrogens with zero attached hydrogens (tertiary/aromatic N) is 2. The summed E-state index contributed by atoms with van der Waals surface area (Å²) >= 11 is 1.18. The molecule has 37 heavy (non-hydrogen) atoms. The highest BCUT2D eigenvalue weighted by atomic mass is 32.2. The van der Waals surface area contributed by atoms with Gasteiger partial charge in [-0.1, -0.05) is 20.8 Å². The van der Waals surface area contributed by atoms with Crippen molar-refractivity contribution in [3.8, 4) is 16.3 Å². The number of halogens is 1. The van der Waals surface area contributed by atoms with E-state index in [-0.39, 0.29) is 16.5 Å². The third-order valence-corrected chi connectivity index (χ3v) is 9.01. The Bertz CT molecular complexity index is 1390. The van der Waals surface area contributed by atoms with Crippen molar-refractivity contribution in [2.24, 2.45) is 11.3 Å². The standard InChI is InChI=1S/C26H30FN3O5S2/c1-26(2,3)17-9-11-30(12-10-17)18-7-5-16(6-8-18)24-28-23(15-36-24)37(33,34)29-21-14-20(27)19(25(31)32)13-22(21)35-4/h5-8,13-15,17,29H,9-12H2,1-4H3,(H,31,32). The van der Waals surface area contributed by atoms with E-state index in [4.69, 9.17) is 9.84 Å². The van der Waals surface area contributed by atoms with E-state index in [0.29, 0.717) is 16.3 Å². The smallest absolute Gasteiger partial charge is 0.338 e. The molecule has 2 heterocycles. The van der Waals surface area contributed by atoms with Gasteiger partial charge in [-0.3, -0.25) is 4.72 Å². The number of carboxylic acids is 1. The molecule has 0 atom stereocenters. The van der Waals surface area contributed by atoms with E-state index in [9.17, 15) is 17.6 Å². The van der Waals surface area contributed by atoms with Crippen molar-refractivity contribution in [2.45, 2.75) is 38.6 Å². The van der Waals surface area contributed by atoms with E-state index in [1.165, 1.54) is 23.8 Å². The van der Waals surface area contributed by atoms with E-state index in [1.807, 2.05) is 24.3 Å². The molecular weight excluding hydrogens is 517 g/mol. The zero-order valence-corrected chi connectivity index (χ0v) is 22.7. The van der Waals surface area contributed by atoms with Crippen molar-refractivity contribution < 1.29 is 27.4 Å². The lowest BCUT2D eigenvalue weighted by Crippen LogP contribution is -2.37. The Labute approximate surface area is 220 Å². The second-order valence-corrected chi connectivity index (χ2v) is 12.6. The molecule has 0 radical (unpaired) electrons. The number of aromatic carboxylic acids is 1. The SMILES string of the molecule is COc1cc(C(=O)O)c(F)cc1NS(=O)(=O)c1csc(-c2ccc(N3CCC(C(C)(C)C)CC3)cc2)n1. The number of carbonyl (C=O) groups is 1. The van der Waals surface area contributed by atoms with E-state index in [2.05, 4.69) is 35.4 Å². The first-order valence-electron chi connectivity index (χ1n) is 11.8. The summed E-state index contributed by atoms with van der Waals surface area (Å²) in [6.45, 7) is 8.89. The zero-order chi connectivity index (χ0) is 27.0. The topological polar surface area (TPSA) is 109 Å². The summed E-state index contributed by atoms with van der Waals surface area (Å²) in [5.74, 6) is -2.00. The molecule has 4 rings (SSSR count). The van der Waals surface area contributed by atoms with Gasteiger partial charge < -0.3 is 14.7 Å². The average Bonchev–Trinajstić information content (AvgIpc) is 3.35. The summed E-state index contributed by atoms with van der Waals surface area (Å²) in [6, 6.07) is 9.61. The van der Waals surface area contributed by atoms with Gasteiger partial charge in [0.05, 0.1) is 18.4 Å². The molecule has 0 amide bonds. The number of anilines is 2. The van der Waals surface area contributed by atoms with E-state index < -0.39 is 27.4 Å². The number of methoxy groups -OCH3 is 1. The largest absolute Gasteiger partial charge is 0.495 e. The fraction of sp³-hybridized carbons (Fsp3) is 0.385. The normalized spacial score (nSPS) is 15.0. The van der Waals surface area contributed by atoms with Crippen LogP contribution in [0.4, 0.5) is 15.8 Å². The first kappa shape index (κ1) is 26.9. The third-order valence-electron chi connectivity index (χ3n) is 6.72. The van der Waals surface area contributed by atoms with Crippen molar-refractivity contribution in [3.63, 3.8) is 0 Å². The molecule has 1 fully saturated rings. The van der Waals surface area contributed by atoms with Gasteiger partial charge in [-0.25, -0.2) is 14.2 Å². The van der Waals surface area contributed by atoms with Crippen molar-refractivity contribution in [1.29, 1.82) is 0 Å². The molecule has 0 aliphatic carbocycles. The molecular formula is C26H30FN3O5S2. The molecule has 2 N–H and O–H groups in total. The number of aromatic nitrogens is 1. The number of hydrogen-bond acceptors (Lipinski definition) is 7. The summed E-state index contributed by atoms with van der Waals surface area (Å²) in [5, 5.41) is 10.8. The van der Waals surface area contributed by atoms with Gasteiger partial charge in [-0.15, -0.1) is 11.3 Å². The van der Waals surface area contributed by atoms with Crippen LogP contribution in [0.25, 0.3) is 10.6 Å². The highest BCUT2D eigenvalue weighted by molar-refractivity contribution is 7.92. The van der Waals surface area contributed by atoms with Gasteiger partial charge in [0.15, 0.2) is 5.03 Å². The third kappa shape index (κ3) is 5.88. The average molecular weight is 548 g/mol. The second-order valence-electron chi connectivity index (χ2n) is 10.1. The van der Waals surface area contributed by atoms with Gasteiger partial charge in [-0.05, 0) is 54.5 Å².